The lowest BCUT2D eigenvalue weighted by Gasteiger charge is -2.13. The van der Waals surface area contributed by atoms with Crippen LogP contribution in [-0.4, -0.2) is 5.11 Å². The van der Waals surface area contributed by atoms with Gasteiger partial charge in [-0.05, 0) is 38.2 Å². The van der Waals surface area contributed by atoms with Gasteiger partial charge in [0.15, 0.2) is 0 Å². The van der Waals surface area contributed by atoms with Gasteiger partial charge in [0.2, 0.25) is 0 Å². The van der Waals surface area contributed by atoms with Crippen molar-refractivity contribution in [1.82, 2.24) is 0 Å². The highest BCUT2D eigenvalue weighted by atomic mass is 16.3. The van der Waals surface area contributed by atoms with Crippen molar-refractivity contribution in [3.63, 3.8) is 0 Å². The van der Waals surface area contributed by atoms with Crippen LogP contribution in [0.5, 0.6) is 0 Å². The van der Waals surface area contributed by atoms with Gasteiger partial charge in [-0.1, -0.05) is 72.8 Å². The molecular weight excluding hydrogens is 268 g/mol. The second-order valence-corrected chi connectivity index (χ2v) is 5.87. The SMILES string of the molecule is OC1c2ccccc2-c2c1c1ccccc1c1ccccc21. The van der Waals surface area contributed by atoms with Crippen LogP contribution in [0, 0.1) is 0 Å². The van der Waals surface area contributed by atoms with E-state index in [-0.39, 0.29) is 0 Å². The zero-order valence-corrected chi connectivity index (χ0v) is 12.0. The van der Waals surface area contributed by atoms with E-state index < -0.39 is 6.10 Å². The van der Waals surface area contributed by atoms with E-state index in [0.29, 0.717) is 0 Å². The predicted molar refractivity (Wildman–Crippen MR) is 91.0 cm³/mol. The van der Waals surface area contributed by atoms with Crippen LogP contribution >= 0.6 is 0 Å². The molecule has 1 atom stereocenters. The average molecular weight is 282 g/mol. The van der Waals surface area contributed by atoms with Gasteiger partial charge < -0.3 is 5.11 Å². The first-order valence-electron chi connectivity index (χ1n) is 7.57. The molecule has 22 heavy (non-hydrogen) atoms. The van der Waals surface area contributed by atoms with E-state index in [0.717, 1.165) is 22.1 Å². The highest BCUT2D eigenvalue weighted by Gasteiger charge is 2.30. The molecule has 1 nitrogen and oxygen atoms in total. The number of rotatable bonds is 0. The van der Waals surface area contributed by atoms with Gasteiger partial charge in [0.05, 0.1) is 0 Å². The van der Waals surface area contributed by atoms with Crippen LogP contribution in [0.1, 0.15) is 17.2 Å². The van der Waals surface area contributed by atoms with E-state index >= 15 is 0 Å². The Kier molecular flexibility index (Phi) is 2.28. The Morgan fingerprint density at radius 2 is 1.14 bits per heavy atom. The maximum absolute atomic E-state index is 10.9. The summed E-state index contributed by atoms with van der Waals surface area (Å²) < 4.78 is 0. The van der Waals surface area contributed by atoms with E-state index in [2.05, 4.69) is 48.5 Å². The molecule has 0 amide bonds. The molecule has 0 saturated heterocycles. The molecule has 1 aliphatic rings. The number of hydrogen-bond acceptors (Lipinski definition) is 1. The van der Waals surface area contributed by atoms with Crippen LogP contribution in [0.2, 0.25) is 0 Å². The van der Waals surface area contributed by atoms with Gasteiger partial charge in [-0.2, -0.15) is 0 Å². The smallest absolute Gasteiger partial charge is 0.106 e. The maximum Gasteiger partial charge on any atom is 0.106 e. The van der Waals surface area contributed by atoms with Gasteiger partial charge in [-0.25, -0.2) is 0 Å². The Bertz CT molecular complexity index is 1050. The van der Waals surface area contributed by atoms with E-state index in [9.17, 15) is 5.11 Å². The van der Waals surface area contributed by atoms with Gasteiger partial charge in [0.25, 0.3) is 0 Å². The first-order valence-corrected chi connectivity index (χ1v) is 7.57. The first-order chi connectivity index (χ1) is 10.9. The molecule has 0 fully saturated rings. The highest BCUT2D eigenvalue weighted by Crippen LogP contribution is 2.50. The van der Waals surface area contributed by atoms with Crippen LogP contribution in [-0.2, 0) is 0 Å². The van der Waals surface area contributed by atoms with Gasteiger partial charge in [0.1, 0.15) is 6.10 Å². The second kappa shape index (κ2) is 4.19. The van der Waals surface area contributed by atoms with Crippen LogP contribution < -0.4 is 0 Å². The molecule has 0 bridgehead atoms. The summed E-state index contributed by atoms with van der Waals surface area (Å²) in [5.74, 6) is 0. The van der Waals surface area contributed by atoms with Gasteiger partial charge in [-0.15, -0.1) is 0 Å². The second-order valence-electron chi connectivity index (χ2n) is 5.87. The summed E-state index contributed by atoms with van der Waals surface area (Å²) in [6.45, 7) is 0. The number of aliphatic hydroxyl groups is 1. The van der Waals surface area contributed by atoms with Crippen LogP contribution in [0.25, 0.3) is 32.7 Å². The molecule has 0 aromatic heterocycles. The van der Waals surface area contributed by atoms with Crippen molar-refractivity contribution < 1.29 is 5.11 Å². The lowest BCUT2D eigenvalue weighted by Crippen LogP contribution is -1.95. The molecule has 0 heterocycles. The zero-order valence-electron chi connectivity index (χ0n) is 12.0. The molecule has 0 spiro atoms. The summed E-state index contributed by atoms with van der Waals surface area (Å²) in [5.41, 5.74) is 4.42. The molecule has 4 aromatic rings. The summed E-state index contributed by atoms with van der Waals surface area (Å²) in [6, 6.07) is 25.1. The maximum atomic E-state index is 10.9. The molecule has 1 aliphatic carbocycles. The lowest BCUT2D eigenvalue weighted by atomic mass is 9.91. The Labute approximate surface area is 128 Å². The standard InChI is InChI=1S/C21H14O/c22-21-18-12-6-5-11-17(18)19-15-9-3-1-7-13(15)14-8-2-4-10-16(14)20(19)21/h1-12,21-22H. The average Bonchev–Trinajstić information content (AvgIpc) is 2.89. The number of hydrogen-bond donors (Lipinski definition) is 1. The van der Waals surface area contributed by atoms with E-state index in [1.807, 2.05) is 24.3 Å². The summed E-state index contributed by atoms with van der Waals surface area (Å²) in [4.78, 5) is 0. The quantitative estimate of drug-likeness (QED) is 0.447. The third kappa shape index (κ3) is 1.36. The van der Waals surface area contributed by atoms with E-state index in [4.69, 9.17) is 0 Å². The van der Waals surface area contributed by atoms with Crippen molar-refractivity contribution in [2.45, 2.75) is 6.10 Å². The molecule has 1 heteroatoms. The molecule has 0 aliphatic heterocycles. The Balaban J connectivity index is 2.10. The van der Waals surface area contributed by atoms with Gasteiger partial charge in [0, 0.05) is 5.56 Å². The Hall–Kier alpha value is -2.64. The summed E-state index contributed by atoms with van der Waals surface area (Å²) in [7, 11) is 0. The number of fused-ring (bicyclic) bond motifs is 8. The van der Waals surface area contributed by atoms with Crippen LogP contribution in [0.3, 0.4) is 0 Å². The lowest BCUT2D eigenvalue weighted by molar-refractivity contribution is 0.227. The van der Waals surface area contributed by atoms with Crippen molar-refractivity contribution in [2.24, 2.45) is 0 Å². The normalized spacial score (nSPS) is 16.0. The number of benzene rings is 4. The predicted octanol–water partition coefficient (Wildman–Crippen LogP) is 5.06. The Morgan fingerprint density at radius 3 is 1.91 bits per heavy atom. The molecule has 0 radical (unpaired) electrons. The van der Waals surface area contributed by atoms with E-state index in [1.54, 1.807) is 0 Å². The van der Waals surface area contributed by atoms with Crippen molar-refractivity contribution >= 4 is 21.5 Å². The molecule has 4 aromatic carbocycles. The van der Waals surface area contributed by atoms with Crippen molar-refractivity contribution in [1.29, 1.82) is 0 Å². The third-order valence-electron chi connectivity index (χ3n) is 4.77. The first kappa shape index (κ1) is 12.0. The highest BCUT2D eigenvalue weighted by molar-refractivity contribution is 6.17. The van der Waals surface area contributed by atoms with Crippen LogP contribution in [0.15, 0.2) is 72.8 Å². The van der Waals surface area contributed by atoms with Crippen molar-refractivity contribution in [3.8, 4) is 11.1 Å². The monoisotopic (exact) mass is 282 g/mol. The van der Waals surface area contributed by atoms with Gasteiger partial charge in [-0.3, -0.25) is 0 Å². The molecule has 1 N–H and O–H groups in total. The zero-order chi connectivity index (χ0) is 14.7. The molecule has 1 unspecified atom stereocenters. The van der Waals surface area contributed by atoms with Crippen molar-refractivity contribution in [2.75, 3.05) is 0 Å². The molecule has 0 saturated carbocycles. The van der Waals surface area contributed by atoms with E-state index in [1.165, 1.54) is 21.7 Å². The summed E-state index contributed by atoms with van der Waals surface area (Å²) in [5, 5.41) is 15.7. The van der Waals surface area contributed by atoms with Crippen LogP contribution in [0.4, 0.5) is 0 Å². The summed E-state index contributed by atoms with van der Waals surface area (Å²) in [6.07, 6.45) is -0.541. The minimum atomic E-state index is -0.541. The molecular formula is C21H14O. The fourth-order valence-corrected chi connectivity index (χ4v) is 3.86. The largest absolute Gasteiger partial charge is 0.384 e. The molecule has 5 rings (SSSR count). The number of aliphatic hydroxyl groups excluding tert-OH is 1. The van der Waals surface area contributed by atoms with Gasteiger partial charge >= 0.3 is 0 Å². The third-order valence-corrected chi connectivity index (χ3v) is 4.77. The fraction of sp³-hybridized carbons (Fsp3) is 0.0476. The fourth-order valence-electron chi connectivity index (χ4n) is 3.86. The minimum Gasteiger partial charge on any atom is -0.384 e. The van der Waals surface area contributed by atoms with Crippen molar-refractivity contribution in [3.05, 3.63) is 83.9 Å². The molecule has 104 valence electrons. The summed E-state index contributed by atoms with van der Waals surface area (Å²) >= 11 is 0. The minimum absolute atomic E-state index is 0.541. The Morgan fingerprint density at radius 1 is 0.591 bits per heavy atom. The topological polar surface area (TPSA) is 20.2 Å².